The molecule has 1 aliphatic heterocycles. The molecule has 0 bridgehead atoms. The summed E-state index contributed by atoms with van der Waals surface area (Å²) in [5.41, 5.74) is 1.43. The van der Waals surface area contributed by atoms with E-state index >= 15 is 0 Å². The zero-order valence-electron chi connectivity index (χ0n) is 16.5. The largest absolute Gasteiger partial charge is 0.496 e. The lowest BCUT2D eigenvalue weighted by Gasteiger charge is -2.45. The van der Waals surface area contributed by atoms with E-state index in [1.165, 1.54) is 89.5 Å². The molecule has 0 aromatic heterocycles. The molecule has 3 fully saturated rings. The van der Waals surface area contributed by atoms with Gasteiger partial charge in [0.15, 0.2) is 0 Å². The summed E-state index contributed by atoms with van der Waals surface area (Å²) < 4.78 is 5.60. The number of hydrogen-bond donors (Lipinski definition) is 0. The Hall–Kier alpha value is -1.06. The van der Waals surface area contributed by atoms with Crippen molar-refractivity contribution in [3.05, 3.63) is 29.8 Å². The Balaban J connectivity index is 1.26. The lowest BCUT2D eigenvalue weighted by Crippen LogP contribution is -2.53. The van der Waals surface area contributed by atoms with Crippen LogP contribution in [-0.2, 0) is 0 Å². The normalized spacial score (nSPS) is 29.6. The predicted octanol–water partition coefficient (Wildman–Crippen LogP) is 4.67. The van der Waals surface area contributed by atoms with Crippen LogP contribution in [0.25, 0.3) is 0 Å². The Morgan fingerprint density at radius 1 is 0.731 bits per heavy atom. The topological polar surface area (TPSA) is 15.7 Å². The minimum atomic E-state index is 0.686. The maximum atomic E-state index is 5.60. The lowest BCUT2D eigenvalue weighted by atomic mass is 9.80. The van der Waals surface area contributed by atoms with Crippen molar-refractivity contribution < 1.29 is 4.74 Å². The minimum Gasteiger partial charge on any atom is -0.496 e. The van der Waals surface area contributed by atoms with E-state index in [-0.39, 0.29) is 0 Å². The molecule has 0 radical (unpaired) electrons. The second kappa shape index (κ2) is 8.75. The van der Waals surface area contributed by atoms with E-state index < -0.39 is 0 Å². The van der Waals surface area contributed by atoms with Gasteiger partial charge in [-0.3, -0.25) is 9.80 Å². The van der Waals surface area contributed by atoms with Gasteiger partial charge in [-0.2, -0.15) is 0 Å². The summed E-state index contributed by atoms with van der Waals surface area (Å²) in [5.74, 6) is 1.77. The molecule has 0 atom stereocenters. The van der Waals surface area contributed by atoms with Crippen LogP contribution >= 0.6 is 0 Å². The molecule has 3 nitrogen and oxygen atoms in total. The highest BCUT2D eigenvalue weighted by atomic mass is 16.5. The Morgan fingerprint density at radius 2 is 1.31 bits per heavy atom. The SMILES string of the molecule is COc1ccccc1[C@H]1CC[C@H](N2CCN(C3CCCCC3)CC2)CC1. The first kappa shape index (κ1) is 18.3. The van der Waals surface area contributed by atoms with Gasteiger partial charge in [-0.25, -0.2) is 0 Å². The van der Waals surface area contributed by atoms with E-state index in [2.05, 4.69) is 34.1 Å². The van der Waals surface area contributed by atoms with Crippen LogP contribution in [-0.4, -0.2) is 55.2 Å². The van der Waals surface area contributed by atoms with Crippen LogP contribution in [0.4, 0.5) is 0 Å². The van der Waals surface area contributed by atoms with E-state index in [0.717, 1.165) is 17.8 Å². The summed E-state index contributed by atoms with van der Waals surface area (Å²) in [6, 6.07) is 10.3. The summed E-state index contributed by atoms with van der Waals surface area (Å²) in [5, 5.41) is 0. The van der Waals surface area contributed by atoms with Crippen molar-refractivity contribution in [1.29, 1.82) is 0 Å². The van der Waals surface area contributed by atoms with Gasteiger partial charge in [0.25, 0.3) is 0 Å². The Labute approximate surface area is 159 Å². The third-order valence-corrected chi connectivity index (χ3v) is 7.23. The maximum absolute atomic E-state index is 5.60. The third-order valence-electron chi connectivity index (χ3n) is 7.23. The molecule has 144 valence electrons. The maximum Gasteiger partial charge on any atom is 0.122 e. The molecule has 26 heavy (non-hydrogen) atoms. The van der Waals surface area contributed by atoms with Crippen LogP contribution in [0.1, 0.15) is 69.3 Å². The zero-order valence-corrected chi connectivity index (χ0v) is 16.5. The van der Waals surface area contributed by atoms with Gasteiger partial charge in [0, 0.05) is 38.3 Å². The van der Waals surface area contributed by atoms with E-state index in [1.54, 1.807) is 7.11 Å². The molecule has 3 heteroatoms. The number of piperazine rings is 1. The van der Waals surface area contributed by atoms with Gasteiger partial charge in [-0.1, -0.05) is 37.5 Å². The second-order valence-electron chi connectivity index (χ2n) is 8.61. The molecule has 0 spiro atoms. The van der Waals surface area contributed by atoms with Crippen LogP contribution in [0.15, 0.2) is 24.3 Å². The molecular formula is C23H36N2O. The van der Waals surface area contributed by atoms with Gasteiger partial charge >= 0.3 is 0 Å². The predicted molar refractivity (Wildman–Crippen MR) is 108 cm³/mol. The smallest absolute Gasteiger partial charge is 0.122 e. The summed E-state index contributed by atoms with van der Waals surface area (Å²) in [7, 11) is 1.80. The van der Waals surface area contributed by atoms with Gasteiger partial charge in [-0.15, -0.1) is 0 Å². The molecule has 1 saturated heterocycles. The van der Waals surface area contributed by atoms with Crippen molar-refractivity contribution in [3.63, 3.8) is 0 Å². The van der Waals surface area contributed by atoms with Crippen LogP contribution in [0.5, 0.6) is 5.75 Å². The van der Waals surface area contributed by atoms with Crippen molar-refractivity contribution in [1.82, 2.24) is 9.80 Å². The lowest BCUT2D eigenvalue weighted by molar-refractivity contribution is 0.0444. The number of ether oxygens (including phenoxy) is 1. The van der Waals surface area contributed by atoms with Crippen molar-refractivity contribution in [2.75, 3.05) is 33.3 Å². The molecule has 0 amide bonds. The Bertz CT molecular complexity index is 553. The number of nitrogens with zero attached hydrogens (tertiary/aromatic N) is 2. The number of rotatable bonds is 4. The van der Waals surface area contributed by atoms with Crippen LogP contribution in [0.3, 0.4) is 0 Å². The highest BCUT2D eigenvalue weighted by molar-refractivity contribution is 5.36. The molecular weight excluding hydrogens is 320 g/mol. The Morgan fingerprint density at radius 3 is 1.92 bits per heavy atom. The molecule has 4 rings (SSSR count). The van der Waals surface area contributed by atoms with Crippen LogP contribution < -0.4 is 4.74 Å². The fraction of sp³-hybridized carbons (Fsp3) is 0.739. The van der Waals surface area contributed by atoms with Gasteiger partial charge in [0.1, 0.15) is 5.75 Å². The fourth-order valence-electron chi connectivity index (χ4n) is 5.67. The van der Waals surface area contributed by atoms with Crippen molar-refractivity contribution in [3.8, 4) is 5.75 Å². The van der Waals surface area contributed by atoms with Crippen molar-refractivity contribution in [2.24, 2.45) is 0 Å². The van der Waals surface area contributed by atoms with E-state index in [9.17, 15) is 0 Å². The van der Waals surface area contributed by atoms with E-state index in [1.807, 2.05) is 0 Å². The molecule has 0 N–H and O–H groups in total. The monoisotopic (exact) mass is 356 g/mol. The number of benzene rings is 1. The van der Waals surface area contributed by atoms with Gasteiger partial charge < -0.3 is 4.74 Å². The zero-order chi connectivity index (χ0) is 17.8. The average Bonchev–Trinajstić information content (AvgIpc) is 2.74. The molecule has 1 aromatic carbocycles. The highest BCUT2D eigenvalue weighted by Crippen LogP contribution is 2.39. The van der Waals surface area contributed by atoms with E-state index in [4.69, 9.17) is 4.74 Å². The summed E-state index contributed by atoms with van der Waals surface area (Å²) in [6.45, 7) is 5.19. The minimum absolute atomic E-state index is 0.686. The molecule has 0 unspecified atom stereocenters. The number of para-hydroxylation sites is 1. The fourth-order valence-corrected chi connectivity index (χ4v) is 5.67. The van der Waals surface area contributed by atoms with Crippen LogP contribution in [0, 0.1) is 0 Å². The van der Waals surface area contributed by atoms with Gasteiger partial charge in [-0.05, 0) is 56.1 Å². The van der Waals surface area contributed by atoms with Crippen LogP contribution in [0.2, 0.25) is 0 Å². The van der Waals surface area contributed by atoms with Gasteiger partial charge in [0.05, 0.1) is 7.11 Å². The first-order valence-corrected chi connectivity index (χ1v) is 11.0. The Kier molecular flexibility index (Phi) is 6.16. The first-order valence-electron chi connectivity index (χ1n) is 11.0. The van der Waals surface area contributed by atoms with Crippen molar-refractivity contribution >= 4 is 0 Å². The standard InChI is InChI=1S/C23H36N2O/c1-26-23-10-6-5-9-22(23)19-11-13-21(14-12-19)25-17-15-24(16-18-25)20-7-3-2-4-8-20/h5-6,9-10,19-21H,2-4,7-8,11-18H2,1H3/t19-,21-. The molecule has 2 saturated carbocycles. The molecule has 1 aromatic rings. The molecule has 2 aliphatic carbocycles. The van der Waals surface area contributed by atoms with E-state index in [0.29, 0.717) is 5.92 Å². The molecule has 3 aliphatic rings. The summed E-state index contributed by atoms with van der Waals surface area (Å²) >= 11 is 0. The number of methoxy groups -OCH3 is 1. The van der Waals surface area contributed by atoms with Crippen molar-refractivity contribution in [2.45, 2.75) is 75.8 Å². The third kappa shape index (κ3) is 4.09. The van der Waals surface area contributed by atoms with Gasteiger partial charge in [0.2, 0.25) is 0 Å². The summed E-state index contributed by atoms with van der Waals surface area (Å²) in [6.07, 6.45) is 12.6. The molecule has 1 heterocycles. The second-order valence-corrected chi connectivity index (χ2v) is 8.61. The first-order chi connectivity index (χ1) is 12.8. The number of hydrogen-bond acceptors (Lipinski definition) is 3. The average molecular weight is 357 g/mol. The summed E-state index contributed by atoms with van der Waals surface area (Å²) in [4.78, 5) is 5.61. The highest BCUT2D eigenvalue weighted by Gasteiger charge is 2.31. The quantitative estimate of drug-likeness (QED) is 0.779.